The number of ether oxygens (including phenoxy) is 1. The SMILES string of the molecule is CCOC(=O)c1cnc(Cl)c(C=O)c1. The lowest BCUT2D eigenvalue weighted by Crippen LogP contribution is -2.06. The van der Waals surface area contributed by atoms with Crippen molar-refractivity contribution in [3.63, 3.8) is 0 Å². The van der Waals surface area contributed by atoms with E-state index >= 15 is 0 Å². The summed E-state index contributed by atoms with van der Waals surface area (Å²) in [6.45, 7) is 1.97. The fraction of sp³-hybridized carbons (Fsp3) is 0.222. The summed E-state index contributed by atoms with van der Waals surface area (Å²) < 4.78 is 4.73. The number of halogens is 1. The summed E-state index contributed by atoms with van der Waals surface area (Å²) >= 11 is 5.58. The summed E-state index contributed by atoms with van der Waals surface area (Å²) in [7, 11) is 0. The number of hydrogen-bond acceptors (Lipinski definition) is 4. The van der Waals surface area contributed by atoms with Crippen LogP contribution in [0.3, 0.4) is 0 Å². The Morgan fingerprint density at radius 3 is 3.00 bits per heavy atom. The first kappa shape index (κ1) is 10.7. The molecule has 1 aromatic rings. The molecule has 74 valence electrons. The van der Waals surface area contributed by atoms with Gasteiger partial charge in [0, 0.05) is 6.20 Å². The maximum atomic E-state index is 11.2. The molecule has 5 heteroatoms. The molecule has 0 fully saturated rings. The lowest BCUT2D eigenvalue weighted by molar-refractivity contribution is 0.0526. The molecule has 0 spiro atoms. The largest absolute Gasteiger partial charge is 0.462 e. The van der Waals surface area contributed by atoms with Crippen molar-refractivity contribution in [1.29, 1.82) is 0 Å². The van der Waals surface area contributed by atoms with Crippen LogP contribution in [0.1, 0.15) is 27.6 Å². The van der Waals surface area contributed by atoms with E-state index in [0.717, 1.165) is 0 Å². The van der Waals surface area contributed by atoms with Crippen LogP contribution in [0, 0.1) is 0 Å². The third kappa shape index (κ3) is 2.29. The van der Waals surface area contributed by atoms with Crippen molar-refractivity contribution >= 4 is 23.9 Å². The molecule has 0 aliphatic heterocycles. The van der Waals surface area contributed by atoms with E-state index in [-0.39, 0.29) is 22.9 Å². The zero-order valence-corrected chi connectivity index (χ0v) is 8.25. The summed E-state index contributed by atoms with van der Waals surface area (Å²) in [6, 6.07) is 1.35. The summed E-state index contributed by atoms with van der Waals surface area (Å²) in [6.07, 6.45) is 1.81. The lowest BCUT2D eigenvalue weighted by atomic mass is 10.2. The minimum Gasteiger partial charge on any atom is -0.462 e. The zero-order chi connectivity index (χ0) is 10.6. The standard InChI is InChI=1S/C9H8ClNO3/c1-2-14-9(13)6-3-7(5-12)8(10)11-4-6/h3-5H,2H2,1H3. The Morgan fingerprint density at radius 2 is 2.43 bits per heavy atom. The molecule has 4 nitrogen and oxygen atoms in total. The molecule has 0 saturated heterocycles. The molecule has 0 aliphatic carbocycles. The van der Waals surface area contributed by atoms with Crippen molar-refractivity contribution in [1.82, 2.24) is 4.98 Å². The minimum atomic E-state index is -0.514. The van der Waals surface area contributed by atoms with Gasteiger partial charge < -0.3 is 4.74 Å². The Morgan fingerprint density at radius 1 is 1.71 bits per heavy atom. The van der Waals surface area contributed by atoms with Crippen LogP contribution in [-0.4, -0.2) is 23.8 Å². The summed E-state index contributed by atoms with van der Waals surface area (Å²) in [4.78, 5) is 25.4. The normalized spacial score (nSPS) is 9.57. The molecule has 0 N–H and O–H groups in total. The fourth-order valence-electron chi connectivity index (χ4n) is 0.874. The van der Waals surface area contributed by atoms with E-state index in [0.29, 0.717) is 6.29 Å². The van der Waals surface area contributed by atoms with E-state index < -0.39 is 5.97 Å². The highest BCUT2D eigenvalue weighted by molar-refractivity contribution is 6.31. The van der Waals surface area contributed by atoms with Gasteiger partial charge >= 0.3 is 5.97 Å². The highest BCUT2D eigenvalue weighted by Gasteiger charge is 2.09. The average molecular weight is 214 g/mol. The predicted octanol–water partition coefficient (Wildman–Crippen LogP) is 1.72. The van der Waals surface area contributed by atoms with Crippen molar-refractivity contribution in [2.45, 2.75) is 6.92 Å². The molecule has 1 rings (SSSR count). The zero-order valence-electron chi connectivity index (χ0n) is 7.49. The van der Waals surface area contributed by atoms with E-state index in [1.54, 1.807) is 6.92 Å². The molecule has 0 bridgehead atoms. The average Bonchev–Trinajstić information content (AvgIpc) is 2.19. The molecular formula is C9H8ClNO3. The second-order valence-corrected chi connectivity index (χ2v) is 2.80. The Kier molecular flexibility index (Phi) is 3.59. The van der Waals surface area contributed by atoms with Crippen molar-refractivity contribution in [2.24, 2.45) is 0 Å². The smallest absolute Gasteiger partial charge is 0.339 e. The summed E-state index contributed by atoms with van der Waals surface area (Å²) in [5, 5.41) is 0.0769. The fourth-order valence-corrected chi connectivity index (χ4v) is 1.02. The van der Waals surface area contributed by atoms with Gasteiger partial charge in [-0.1, -0.05) is 11.6 Å². The molecule has 1 heterocycles. The van der Waals surface area contributed by atoms with Crippen LogP contribution < -0.4 is 0 Å². The number of nitrogens with zero attached hydrogens (tertiary/aromatic N) is 1. The van der Waals surface area contributed by atoms with Crippen molar-refractivity contribution in [2.75, 3.05) is 6.61 Å². The van der Waals surface area contributed by atoms with Crippen molar-refractivity contribution in [3.8, 4) is 0 Å². The molecule has 0 unspecified atom stereocenters. The van der Waals surface area contributed by atoms with Crippen LogP contribution in [0.2, 0.25) is 5.15 Å². The van der Waals surface area contributed by atoms with Gasteiger partial charge in [0.1, 0.15) is 5.15 Å². The van der Waals surface area contributed by atoms with Crippen LogP contribution in [0.25, 0.3) is 0 Å². The number of esters is 1. The summed E-state index contributed by atoms with van der Waals surface area (Å²) in [5.74, 6) is -0.514. The van der Waals surface area contributed by atoms with Crippen LogP contribution >= 0.6 is 11.6 Å². The minimum absolute atomic E-state index is 0.0769. The molecule has 0 aromatic carbocycles. The monoisotopic (exact) mass is 213 g/mol. The Bertz CT molecular complexity index is 365. The van der Waals surface area contributed by atoms with Gasteiger partial charge in [-0.15, -0.1) is 0 Å². The molecule has 0 amide bonds. The number of hydrogen-bond donors (Lipinski definition) is 0. The van der Waals surface area contributed by atoms with Gasteiger partial charge in [0.05, 0.1) is 17.7 Å². The van der Waals surface area contributed by atoms with Crippen LogP contribution in [0.4, 0.5) is 0 Å². The van der Waals surface area contributed by atoms with E-state index in [1.807, 2.05) is 0 Å². The van der Waals surface area contributed by atoms with Gasteiger partial charge in [-0.25, -0.2) is 9.78 Å². The molecule has 0 aliphatic rings. The van der Waals surface area contributed by atoms with Crippen LogP contribution in [-0.2, 0) is 4.74 Å². The lowest BCUT2D eigenvalue weighted by Gasteiger charge is -2.02. The first-order chi connectivity index (χ1) is 6.69. The second-order valence-electron chi connectivity index (χ2n) is 2.44. The van der Waals surface area contributed by atoms with Gasteiger partial charge in [-0.3, -0.25) is 4.79 Å². The van der Waals surface area contributed by atoms with Gasteiger partial charge in [0.15, 0.2) is 6.29 Å². The molecule has 0 saturated carbocycles. The maximum absolute atomic E-state index is 11.2. The highest BCUT2D eigenvalue weighted by Crippen LogP contribution is 2.12. The topological polar surface area (TPSA) is 56.3 Å². The van der Waals surface area contributed by atoms with Crippen molar-refractivity contribution < 1.29 is 14.3 Å². The van der Waals surface area contributed by atoms with Crippen LogP contribution in [0.5, 0.6) is 0 Å². The van der Waals surface area contributed by atoms with Gasteiger partial charge in [-0.2, -0.15) is 0 Å². The Hall–Kier alpha value is -1.42. The van der Waals surface area contributed by atoms with Gasteiger partial charge in [-0.05, 0) is 13.0 Å². The predicted molar refractivity (Wildman–Crippen MR) is 50.6 cm³/mol. The number of aldehydes is 1. The highest BCUT2D eigenvalue weighted by atomic mass is 35.5. The number of carbonyl (C=O) groups excluding carboxylic acids is 2. The molecule has 0 radical (unpaired) electrons. The maximum Gasteiger partial charge on any atom is 0.339 e. The quantitative estimate of drug-likeness (QED) is 0.436. The van der Waals surface area contributed by atoms with Gasteiger partial charge in [0.25, 0.3) is 0 Å². The third-order valence-corrected chi connectivity index (χ3v) is 1.82. The number of rotatable bonds is 3. The third-order valence-electron chi connectivity index (χ3n) is 1.50. The van der Waals surface area contributed by atoms with E-state index in [4.69, 9.17) is 16.3 Å². The van der Waals surface area contributed by atoms with E-state index in [2.05, 4.69) is 4.98 Å². The van der Waals surface area contributed by atoms with Crippen LogP contribution in [0.15, 0.2) is 12.3 Å². The molecule has 1 aromatic heterocycles. The Balaban J connectivity index is 3.00. The second kappa shape index (κ2) is 4.72. The summed E-state index contributed by atoms with van der Waals surface area (Å²) in [5.41, 5.74) is 0.399. The Labute approximate surface area is 85.9 Å². The molecule has 14 heavy (non-hydrogen) atoms. The van der Waals surface area contributed by atoms with Gasteiger partial charge in [0.2, 0.25) is 0 Å². The molecule has 0 atom stereocenters. The van der Waals surface area contributed by atoms with Crippen molar-refractivity contribution in [3.05, 3.63) is 28.5 Å². The number of carbonyl (C=O) groups is 2. The molecular weight excluding hydrogens is 206 g/mol. The number of pyridine rings is 1. The first-order valence-electron chi connectivity index (χ1n) is 3.97. The van der Waals surface area contributed by atoms with E-state index in [1.165, 1.54) is 12.3 Å². The van der Waals surface area contributed by atoms with E-state index in [9.17, 15) is 9.59 Å². The first-order valence-corrected chi connectivity index (χ1v) is 4.34. The number of aromatic nitrogens is 1.